The van der Waals surface area contributed by atoms with Gasteiger partial charge in [-0.3, -0.25) is 0 Å². The van der Waals surface area contributed by atoms with Gasteiger partial charge in [0.1, 0.15) is 11.8 Å². The molecule has 0 spiro atoms. The zero-order valence-corrected chi connectivity index (χ0v) is 10.5. The SMILES string of the molecule is CNCCCCCNc1nc2ncnc(N)c2[nH]1. The number of nitrogens with zero attached hydrogens (tertiary/aromatic N) is 3. The van der Waals surface area contributed by atoms with Gasteiger partial charge in [0.2, 0.25) is 5.95 Å². The first kappa shape index (κ1) is 12.6. The Hall–Kier alpha value is -1.89. The number of anilines is 2. The predicted octanol–water partition coefficient (Wildman–Crippen LogP) is 0.737. The number of aromatic nitrogens is 4. The van der Waals surface area contributed by atoms with Gasteiger partial charge in [-0.2, -0.15) is 4.98 Å². The molecule has 7 nitrogen and oxygen atoms in total. The van der Waals surface area contributed by atoms with E-state index < -0.39 is 0 Å². The first-order chi connectivity index (χ1) is 8.81. The van der Waals surface area contributed by atoms with E-state index in [1.54, 1.807) is 0 Å². The summed E-state index contributed by atoms with van der Waals surface area (Å²) in [5, 5.41) is 6.36. The summed E-state index contributed by atoms with van der Waals surface area (Å²) < 4.78 is 0. The number of aromatic amines is 1. The van der Waals surface area contributed by atoms with Gasteiger partial charge in [-0.05, 0) is 26.4 Å². The molecule has 7 heteroatoms. The highest BCUT2D eigenvalue weighted by Gasteiger charge is 2.06. The molecule has 2 rings (SSSR count). The van der Waals surface area contributed by atoms with E-state index >= 15 is 0 Å². The quantitative estimate of drug-likeness (QED) is 0.539. The third kappa shape index (κ3) is 3.07. The predicted molar refractivity (Wildman–Crippen MR) is 72.4 cm³/mol. The normalized spacial score (nSPS) is 10.9. The van der Waals surface area contributed by atoms with E-state index in [1.807, 2.05) is 7.05 Å². The molecule has 2 aromatic heterocycles. The lowest BCUT2D eigenvalue weighted by Gasteiger charge is -2.02. The first-order valence-electron chi connectivity index (χ1n) is 6.16. The molecule has 0 saturated heterocycles. The van der Waals surface area contributed by atoms with E-state index in [9.17, 15) is 0 Å². The van der Waals surface area contributed by atoms with Gasteiger partial charge >= 0.3 is 0 Å². The van der Waals surface area contributed by atoms with Crippen molar-refractivity contribution >= 4 is 22.9 Å². The van der Waals surface area contributed by atoms with Crippen molar-refractivity contribution in [1.29, 1.82) is 0 Å². The third-order valence-electron chi connectivity index (χ3n) is 2.71. The molecule has 5 N–H and O–H groups in total. The van der Waals surface area contributed by atoms with Crippen LogP contribution >= 0.6 is 0 Å². The van der Waals surface area contributed by atoms with Crippen LogP contribution in [0.15, 0.2) is 6.33 Å². The second-order valence-corrected chi connectivity index (χ2v) is 4.13. The average Bonchev–Trinajstić information content (AvgIpc) is 2.78. The number of nitrogen functional groups attached to an aromatic ring is 1. The third-order valence-corrected chi connectivity index (χ3v) is 2.71. The van der Waals surface area contributed by atoms with Gasteiger partial charge in [0.15, 0.2) is 11.5 Å². The van der Waals surface area contributed by atoms with Crippen molar-refractivity contribution in [3.63, 3.8) is 0 Å². The molecule has 0 fully saturated rings. The van der Waals surface area contributed by atoms with E-state index in [2.05, 4.69) is 30.6 Å². The number of nitrogens with two attached hydrogens (primary N) is 1. The Morgan fingerprint density at radius 1 is 1.22 bits per heavy atom. The van der Waals surface area contributed by atoms with Crippen molar-refractivity contribution in [2.75, 3.05) is 31.2 Å². The fourth-order valence-electron chi connectivity index (χ4n) is 1.74. The summed E-state index contributed by atoms with van der Waals surface area (Å²) in [5.74, 6) is 1.13. The molecule has 2 heterocycles. The van der Waals surface area contributed by atoms with Gasteiger partial charge in [-0.25, -0.2) is 9.97 Å². The molecule has 0 aliphatic rings. The van der Waals surface area contributed by atoms with Gasteiger partial charge in [-0.1, -0.05) is 6.42 Å². The highest BCUT2D eigenvalue weighted by molar-refractivity contribution is 5.82. The van der Waals surface area contributed by atoms with E-state index in [1.165, 1.54) is 19.2 Å². The Bertz CT molecular complexity index is 493. The summed E-state index contributed by atoms with van der Waals surface area (Å²) in [6.07, 6.45) is 4.91. The molecule has 0 unspecified atom stereocenters. The van der Waals surface area contributed by atoms with Gasteiger partial charge in [-0.15, -0.1) is 0 Å². The zero-order valence-electron chi connectivity index (χ0n) is 10.5. The van der Waals surface area contributed by atoms with Crippen LogP contribution in [0.1, 0.15) is 19.3 Å². The Balaban J connectivity index is 1.83. The Morgan fingerprint density at radius 2 is 2.06 bits per heavy atom. The van der Waals surface area contributed by atoms with Gasteiger partial charge in [0, 0.05) is 6.54 Å². The van der Waals surface area contributed by atoms with E-state index in [4.69, 9.17) is 5.73 Å². The van der Waals surface area contributed by atoms with Crippen molar-refractivity contribution in [1.82, 2.24) is 25.3 Å². The minimum absolute atomic E-state index is 0.426. The Morgan fingerprint density at radius 3 is 2.83 bits per heavy atom. The summed E-state index contributed by atoms with van der Waals surface area (Å²) >= 11 is 0. The van der Waals surface area contributed by atoms with Crippen LogP contribution in [0.2, 0.25) is 0 Å². The summed E-state index contributed by atoms with van der Waals surface area (Å²) in [5.41, 5.74) is 7.01. The van der Waals surface area contributed by atoms with Crippen molar-refractivity contribution in [2.45, 2.75) is 19.3 Å². The summed E-state index contributed by atoms with van der Waals surface area (Å²) in [6, 6.07) is 0. The minimum Gasteiger partial charge on any atom is -0.382 e. The smallest absolute Gasteiger partial charge is 0.202 e. The maximum absolute atomic E-state index is 5.72. The molecule has 98 valence electrons. The van der Waals surface area contributed by atoms with Crippen LogP contribution in [0.25, 0.3) is 11.2 Å². The monoisotopic (exact) mass is 249 g/mol. The largest absolute Gasteiger partial charge is 0.382 e. The molecule has 0 atom stereocenters. The molecule has 18 heavy (non-hydrogen) atoms. The number of nitrogens with one attached hydrogen (secondary N) is 3. The molecule has 0 aliphatic heterocycles. The maximum atomic E-state index is 5.72. The molecule has 0 bridgehead atoms. The fraction of sp³-hybridized carbons (Fsp3) is 0.545. The van der Waals surface area contributed by atoms with Crippen molar-refractivity contribution in [2.24, 2.45) is 0 Å². The zero-order chi connectivity index (χ0) is 12.8. The van der Waals surface area contributed by atoms with E-state index in [0.717, 1.165) is 19.5 Å². The average molecular weight is 249 g/mol. The highest BCUT2D eigenvalue weighted by atomic mass is 15.2. The molecule has 0 aromatic carbocycles. The summed E-state index contributed by atoms with van der Waals surface area (Å²) in [4.78, 5) is 15.3. The summed E-state index contributed by atoms with van der Waals surface area (Å²) in [7, 11) is 1.97. The number of imidazole rings is 1. The van der Waals surface area contributed by atoms with Crippen LogP contribution in [0.4, 0.5) is 11.8 Å². The van der Waals surface area contributed by atoms with Crippen molar-refractivity contribution in [3.8, 4) is 0 Å². The van der Waals surface area contributed by atoms with Crippen LogP contribution in [0, 0.1) is 0 Å². The maximum Gasteiger partial charge on any atom is 0.202 e. The molecule has 0 saturated carbocycles. The molecule has 0 radical (unpaired) electrons. The number of rotatable bonds is 7. The second kappa shape index (κ2) is 6.15. The lowest BCUT2D eigenvalue weighted by atomic mass is 10.2. The number of H-pyrrole nitrogens is 1. The minimum atomic E-state index is 0.426. The second-order valence-electron chi connectivity index (χ2n) is 4.13. The van der Waals surface area contributed by atoms with E-state index in [0.29, 0.717) is 22.9 Å². The van der Waals surface area contributed by atoms with Crippen LogP contribution in [-0.2, 0) is 0 Å². The highest BCUT2D eigenvalue weighted by Crippen LogP contribution is 2.15. The van der Waals surface area contributed by atoms with Crippen molar-refractivity contribution in [3.05, 3.63) is 6.33 Å². The Labute approximate surface area is 106 Å². The summed E-state index contributed by atoms with van der Waals surface area (Å²) in [6.45, 7) is 1.95. The van der Waals surface area contributed by atoms with Gasteiger partial charge in [0.25, 0.3) is 0 Å². The number of unbranched alkanes of at least 4 members (excludes halogenated alkanes) is 2. The van der Waals surface area contributed by atoms with Crippen LogP contribution in [0.3, 0.4) is 0 Å². The molecule has 0 aliphatic carbocycles. The topological polar surface area (TPSA) is 105 Å². The molecular weight excluding hydrogens is 230 g/mol. The van der Waals surface area contributed by atoms with Gasteiger partial charge < -0.3 is 21.4 Å². The number of hydrogen-bond acceptors (Lipinski definition) is 6. The van der Waals surface area contributed by atoms with E-state index in [-0.39, 0.29) is 0 Å². The van der Waals surface area contributed by atoms with Crippen molar-refractivity contribution < 1.29 is 0 Å². The molecular formula is C11H19N7. The number of fused-ring (bicyclic) bond motifs is 1. The first-order valence-corrected chi connectivity index (χ1v) is 6.16. The van der Waals surface area contributed by atoms with Gasteiger partial charge in [0.05, 0.1) is 0 Å². The van der Waals surface area contributed by atoms with Crippen LogP contribution in [-0.4, -0.2) is 40.1 Å². The lowest BCUT2D eigenvalue weighted by Crippen LogP contribution is -2.08. The fourth-order valence-corrected chi connectivity index (χ4v) is 1.74. The van der Waals surface area contributed by atoms with Crippen LogP contribution in [0.5, 0.6) is 0 Å². The Kier molecular flexibility index (Phi) is 4.30. The lowest BCUT2D eigenvalue weighted by molar-refractivity contribution is 0.655. The molecule has 2 aromatic rings. The standard InChI is InChI=1S/C11H19N7/c1-13-5-3-2-4-6-14-11-17-8-9(12)15-7-16-10(8)18-11/h7,13H,2-6H2,1H3,(H4,12,14,15,16,17,18). The number of hydrogen-bond donors (Lipinski definition) is 4. The molecule has 0 amide bonds. The van der Waals surface area contributed by atoms with Crippen LogP contribution < -0.4 is 16.4 Å².